The van der Waals surface area contributed by atoms with Crippen molar-refractivity contribution in [1.29, 1.82) is 0 Å². The Morgan fingerprint density at radius 3 is 2.42 bits per heavy atom. The van der Waals surface area contributed by atoms with Crippen molar-refractivity contribution < 1.29 is 18.0 Å². The second kappa shape index (κ2) is 7.34. The average molecular weight is 352 g/mol. The first-order valence-electron chi connectivity index (χ1n) is 8.05. The molecule has 24 heavy (non-hydrogen) atoms. The molecular formula is C17H24N2O4S. The molecule has 2 rings (SSSR count). The van der Waals surface area contributed by atoms with E-state index in [1.165, 1.54) is 13.0 Å². The molecule has 0 saturated carbocycles. The van der Waals surface area contributed by atoms with E-state index in [1.807, 2.05) is 0 Å². The molecule has 6 nitrogen and oxygen atoms in total. The zero-order chi connectivity index (χ0) is 17.9. The summed E-state index contributed by atoms with van der Waals surface area (Å²) < 4.78 is 25.4. The van der Waals surface area contributed by atoms with Gasteiger partial charge in [0.2, 0.25) is 15.9 Å². The number of benzene rings is 1. The van der Waals surface area contributed by atoms with Crippen molar-refractivity contribution in [3.63, 3.8) is 0 Å². The van der Waals surface area contributed by atoms with Crippen LogP contribution in [0, 0.1) is 5.92 Å². The lowest BCUT2D eigenvalue weighted by molar-refractivity contribution is -0.130. The van der Waals surface area contributed by atoms with Crippen LogP contribution in [0.5, 0.6) is 0 Å². The molecule has 0 bridgehead atoms. The molecule has 1 aromatic carbocycles. The van der Waals surface area contributed by atoms with E-state index in [-0.39, 0.29) is 18.2 Å². The fourth-order valence-corrected chi connectivity index (χ4v) is 3.60. The van der Waals surface area contributed by atoms with E-state index < -0.39 is 10.0 Å². The second-order valence-electron chi connectivity index (χ2n) is 6.44. The van der Waals surface area contributed by atoms with Gasteiger partial charge in [-0.05, 0) is 37.8 Å². The van der Waals surface area contributed by atoms with Crippen molar-refractivity contribution >= 4 is 27.4 Å². The minimum absolute atomic E-state index is 0.151. The molecule has 0 unspecified atom stereocenters. The number of ketones is 1. The largest absolute Gasteiger partial charge is 0.341 e. The first-order valence-corrected chi connectivity index (χ1v) is 9.90. The number of nitrogens with zero attached hydrogens (tertiary/aromatic N) is 2. The van der Waals surface area contributed by atoms with Gasteiger partial charge < -0.3 is 4.90 Å². The molecule has 1 aromatic rings. The lowest BCUT2D eigenvalue weighted by Crippen LogP contribution is -2.45. The Kier molecular flexibility index (Phi) is 5.64. The topological polar surface area (TPSA) is 74.8 Å². The van der Waals surface area contributed by atoms with Gasteiger partial charge in [-0.15, -0.1) is 0 Å². The molecule has 1 heterocycles. The third kappa shape index (κ3) is 4.56. The molecule has 0 spiro atoms. The molecule has 1 aliphatic rings. The summed E-state index contributed by atoms with van der Waals surface area (Å²) in [6.45, 7) is 4.65. The fourth-order valence-electron chi connectivity index (χ4n) is 2.76. The Labute approximate surface area is 143 Å². The van der Waals surface area contributed by atoms with Gasteiger partial charge in [-0.3, -0.25) is 13.9 Å². The molecule has 1 saturated heterocycles. The van der Waals surface area contributed by atoms with Crippen molar-refractivity contribution in [2.75, 3.05) is 30.2 Å². The number of anilines is 1. The predicted octanol–water partition coefficient (Wildman–Crippen LogP) is 1.91. The van der Waals surface area contributed by atoms with E-state index >= 15 is 0 Å². The van der Waals surface area contributed by atoms with Gasteiger partial charge >= 0.3 is 0 Å². The molecule has 0 aliphatic carbocycles. The van der Waals surface area contributed by atoms with Gasteiger partial charge in [-0.1, -0.05) is 19.1 Å². The van der Waals surface area contributed by atoms with Gasteiger partial charge in [0, 0.05) is 18.7 Å². The highest BCUT2D eigenvalue weighted by Gasteiger charge is 2.26. The lowest BCUT2D eigenvalue weighted by Gasteiger charge is -2.32. The molecule has 0 aromatic heterocycles. The van der Waals surface area contributed by atoms with Crippen LogP contribution in [0.15, 0.2) is 24.3 Å². The number of hydrogen-bond acceptors (Lipinski definition) is 4. The molecule has 132 valence electrons. The van der Waals surface area contributed by atoms with Crippen molar-refractivity contribution in [2.45, 2.75) is 26.7 Å². The van der Waals surface area contributed by atoms with Gasteiger partial charge in [-0.2, -0.15) is 0 Å². The van der Waals surface area contributed by atoms with Gasteiger partial charge in [0.05, 0.1) is 11.9 Å². The van der Waals surface area contributed by atoms with Crippen LogP contribution >= 0.6 is 0 Å². The smallest absolute Gasteiger partial charge is 0.243 e. The van der Waals surface area contributed by atoms with Crippen molar-refractivity contribution in [1.82, 2.24) is 4.90 Å². The van der Waals surface area contributed by atoms with Crippen LogP contribution in [-0.4, -0.2) is 50.9 Å². The van der Waals surface area contributed by atoms with Gasteiger partial charge in [0.1, 0.15) is 6.54 Å². The number of rotatable bonds is 5. The molecule has 1 fully saturated rings. The summed E-state index contributed by atoms with van der Waals surface area (Å²) in [6, 6.07) is 6.35. The summed E-state index contributed by atoms with van der Waals surface area (Å²) in [5, 5.41) is 0. The minimum Gasteiger partial charge on any atom is -0.341 e. The van der Waals surface area contributed by atoms with Crippen molar-refractivity contribution in [3.05, 3.63) is 29.8 Å². The monoisotopic (exact) mass is 352 g/mol. The summed E-state index contributed by atoms with van der Waals surface area (Å²) in [6.07, 6.45) is 2.94. The number of Topliss-reactive ketones (excluding diaryl/α,β-unsaturated/α-hetero) is 1. The summed E-state index contributed by atoms with van der Waals surface area (Å²) >= 11 is 0. The van der Waals surface area contributed by atoms with Crippen molar-refractivity contribution in [3.8, 4) is 0 Å². The van der Waals surface area contributed by atoms with Crippen LogP contribution < -0.4 is 4.31 Å². The molecule has 0 atom stereocenters. The standard InChI is InChI=1S/C17H24N2O4S/c1-13-7-9-18(10-8-13)17(21)12-19(24(3,22)23)16-6-4-5-15(11-16)14(2)20/h4-6,11,13H,7-10,12H2,1-3H3. The van der Waals surface area contributed by atoms with Gasteiger partial charge in [0.25, 0.3) is 0 Å². The van der Waals surface area contributed by atoms with E-state index in [0.717, 1.165) is 23.4 Å². The van der Waals surface area contributed by atoms with Crippen LogP contribution in [0.4, 0.5) is 5.69 Å². The maximum atomic E-state index is 12.5. The van der Waals surface area contributed by atoms with Crippen LogP contribution in [0.1, 0.15) is 37.0 Å². The highest BCUT2D eigenvalue weighted by atomic mass is 32.2. The molecule has 7 heteroatoms. The molecule has 0 N–H and O–H groups in total. The van der Waals surface area contributed by atoms with Crippen molar-refractivity contribution in [2.24, 2.45) is 5.92 Å². The summed E-state index contributed by atoms with van der Waals surface area (Å²) in [5.74, 6) is 0.231. The molecule has 1 amide bonds. The molecule has 0 radical (unpaired) electrons. The van der Waals surface area contributed by atoms with Gasteiger partial charge in [0.15, 0.2) is 5.78 Å². The number of hydrogen-bond donors (Lipinski definition) is 0. The molecular weight excluding hydrogens is 328 g/mol. The highest BCUT2D eigenvalue weighted by Crippen LogP contribution is 2.21. The Hall–Kier alpha value is -1.89. The fraction of sp³-hybridized carbons (Fsp3) is 0.529. The average Bonchev–Trinajstić information content (AvgIpc) is 2.52. The number of carbonyl (C=O) groups is 2. The first-order chi connectivity index (χ1) is 11.2. The third-order valence-corrected chi connectivity index (χ3v) is 5.50. The zero-order valence-corrected chi connectivity index (χ0v) is 15.2. The van der Waals surface area contributed by atoms with E-state index in [4.69, 9.17) is 0 Å². The van der Waals surface area contributed by atoms with Gasteiger partial charge in [-0.25, -0.2) is 8.42 Å². The van der Waals surface area contributed by atoms with Crippen LogP contribution in [-0.2, 0) is 14.8 Å². The van der Waals surface area contributed by atoms with Crippen LogP contribution in [0.25, 0.3) is 0 Å². The highest BCUT2D eigenvalue weighted by molar-refractivity contribution is 7.92. The number of sulfonamides is 1. The Morgan fingerprint density at radius 2 is 1.88 bits per heavy atom. The predicted molar refractivity (Wildman–Crippen MR) is 93.6 cm³/mol. The minimum atomic E-state index is -3.63. The third-order valence-electron chi connectivity index (χ3n) is 4.36. The number of piperidine rings is 1. The number of amides is 1. The normalized spacial score (nSPS) is 16.0. The summed E-state index contributed by atoms with van der Waals surface area (Å²) in [4.78, 5) is 25.7. The van der Waals surface area contributed by atoms with E-state index in [0.29, 0.717) is 30.3 Å². The maximum Gasteiger partial charge on any atom is 0.243 e. The lowest BCUT2D eigenvalue weighted by atomic mass is 9.99. The van der Waals surface area contributed by atoms with E-state index in [9.17, 15) is 18.0 Å². The summed E-state index contributed by atoms with van der Waals surface area (Å²) in [7, 11) is -3.63. The first kappa shape index (κ1) is 18.4. The van der Waals surface area contributed by atoms with Crippen LogP contribution in [0.2, 0.25) is 0 Å². The quantitative estimate of drug-likeness (QED) is 0.759. The number of carbonyl (C=O) groups excluding carboxylic acids is 2. The Bertz CT molecular complexity index is 722. The van der Waals surface area contributed by atoms with E-state index in [1.54, 1.807) is 23.1 Å². The van der Waals surface area contributed by atoms with E-state index in [2.05, 4.69) is 6.92 Å². The zero-order valence-electron chi connectivity index (χ0n) is 14.4. The SMILES string of the molecule is CC(=O)c1cccc(N(CC(=O)N2CCC(C)CC2)S(C)(=O)=O)c1. The Balaban J connectivity index is 2.22. The Morgan fingerprint density at radius 1 is 1.25 bits per heavy atom. The summed E-state index contributed by atoms with van der Waals surface area (Å²) in [5.41, 5.74) is 0.754. The van der Waals surface area contributed by atoms with Crippen LogP contribution in [0.3, 0.4) is 0 Å². The number of likely N-dealkylation sites (tertiary alicyclic amines) is 1. The second-order valence-corrected chi connectivity index (χ2v) is 8.35. The molecule has 1 aliphatic heterocycles. The maximum absolute atomic E-state index is 12.5.